The first-order valence-corrected chi connectivity index (χ1v) is 4.64. The molecule has 0 aromatic heterocycles. The summed E-state index contributed by atoms with van der Waals surface area (Å²) in [7, 11) is 0. The van der Waals surface area contributed by atoms with Crippen molar-refractivity contribution >= 4 is 11.9 Å². The highest BCUT2D eigenvalue weighted by atomic mass is 16.5. The van der Waals surface area contributed by atoms with E-state index >= 15 is 0 Å². The van der Waals surface area contributed by atoms with Gasteiger partial charge in [0.1, 0.15) is 11.3 Å². The Labute approximate surface area is 93.2 Å². The number of carbonyl (C=O) groups excluding carboxylic acids is 1. The minimum atomic E-state index is -1.13. The number of carboxylic acid groups (broad SMARTS) is 1. The quantitative estimate of drug-likeness (QED) is 0.481. The zero-order valence-corrected chi connectivity index (χ0v) is 9.11. The normalized spacial score (nSPS) is 9.62. The molecule has 0 aliphatic carbocycles. The molecular formula is C12H12O4. The zero-order valence-electron chi connectivity index (χ0n) is 9.11. The van der Waals surface area contributed by atoms with E-state index in [9.17, 15) is 9.59 Å². The lowest BCUT2D eigenvalue weighted by Gasteiger charge is -2.09. The van der Waals surface area contributed by atoms with Crippen LogP contribution in [0.15, 0.2) is 30.4 Å². The number of rotatable bonds is 3. The average molecular weight is 220 g/mol. The lowest BCUT2D eigenvalue weighted by Crippen LogP contribution is -2.12. The van der Waals surface area contributed by atoms with Gasteiger partial charge in [0, 0.05) is 5.57 Å². The molecule has 1 aromatic rings. The third kappa shape index (κ3) is 2.48. The summed E-state index contributed by atoms with van der Waals surface area (Å²) in [6, 6.07) is 4.65. The maximum absolute atomic E-state index is 11.3. The van der Waals surface area contributed by atoms with Crippen LogP contribution in [0.2, 0.25) is 0 Å². The fourth-order valence-electron chi connectivity index (χ4n) is 1.14. The molecule has 4 heteroatoms. The Balaban J connectivity index is 3.16. The molecule has 0 radical (unpaired) electrons. The second-order valence-corrected chi connectivity index (χ2v) is 3.43. The predicted octanol–water partition coefficient (Wildman–Crippen LogP) is 2.17. The van der Waals surface area contributed by atoms with Crippen LogP contribution in [0, 0.1) is 6.92 Å². The summed E-state index contributed by atoms with van der Waals surface area (Å²) in [6.45, 7) is 6.61. The minimum absolute atomic E-state index is 0.0328. The highest BCUT2D eigenvalue weighted by molar-refractivity contribution is 5.95. The van der Waals surface area contributed by atoms with E-state index in [4.69, 9.17) is 9.84 Å². The van der Waals surface area contributed by atoms with Crippen LogP contribution in [-0.2, 0) is 4.79 Å². The Hall–Kier alpha value is -2.10. The van der Waals surface area contributed by atoms with Gasteiger partial charge in [0.25, 0.3) is 0 Å². The molecule has 16 heavy (non-hydrogen) atoms. The molecule has 0 fully saturated rings. The standard InChI is InChI=1S/C12H12O4/c1-7(2)12(15)16-10-8(3)5-4-6-9(10)11(13)14/h4-6H,1H2,2-3H3,(H,13,14). The van der Waals surface area contributed by atoms with E-state index in [0.717, 1.165) is 0 Å². The van der Waals surface area contributed by atoms with E-state index in [1.165, 1.54) is 13.0 Å². The van der Waals surface area contributed by atoms with Gasteiger partial charge < -0.3 is 9.84 Å². The van der Waals surface area contributed by atoms with Crippen molar-refractivity contribution in [3.63, 3.8) is 0 Å². The summed E-state index contributed by atoms with van der Waals surface area (Å²) in [6.07, 6.45) is 0. The van der Waals surface area contributed by atoms with Gasteiger partial charge in [-0.3, -0.25) is 0 Å². The van der Waals surface area contributed by atoms with Crippen LogP contribution in [0.25, 0.3) is 0 Å². The Morgan fingerprint density at radius 2 is 2.00 bits per heavy atom. The molecule has 0 aliphatic heterocycles. The number of para-hydroxylation sites is 1. The van der Waals surface area contributed by atoms with Gasteiger partial charge in [-0.2, -0.15) is 0 Å². The van der Waals surface area contributed by atoms with Gasteiger partial charge in [0.2, 0.25) is 0 Å². The number of hydrogen-bond acceptors (Lipinski definition) is 3. The van der Waals surface area contributed by atoms with Crippen molar-refractivity contribution in [3.05, 3.63) is 41.5 Å². The van der Waals surface area contributed by atoms with E-state index in [-0.39, 0.29) is 16.9 Å². The lowest BCUT2D eigenvalue weighted by molar-refractivity contribution is -0.130. The van der Waals surface area contributed by atoms with Gasteiger partial charge in [0.15, 0.2) is 0 Å². The largest absolute Gasteiger partial charge is 0.478 e. The smallest absolute Gasteiger partial charge is 0.339 e. The Bertz CT molecular complexity index is 460. The van der Waals surface area contributed by atoms with Gasteiger partial charge in [-0.05, 0) is 25.5 Å². The molecule has 0 bridgehead atoms. The van der Waals surface area contributed by atoms with Crippen LogP contribution in [-0.4, -0.2) is 17.0 Å². The number of carbonyl (C=O) groups is 2. The summed E-state index contributed by atoms with van der Waals surface area (Å²) in [5, 5.41) is 8.93. The summed E-state index contributed by atoms with van der Waals surface area (Å²) < 4.78 is 4.98. The van der Waals surface area contributed by atoms with Gasteiger partial charge >= 0.3 is 11.9 Å². The lowest BCUT2D eigenvalue weighted by atomic mass is 10.1. The minimum Gasteiger partial charge on any atom is -0.478 e. The number of aromatic carboxylic acids is 1. The summed E-state index contributed by atoms with van der Waals surface area (Å²) in [5.74, 6) is -1.69. The molecule has 0 atom stereocenters. The predicted molar refractivity (Wildman–Crippen MR) is 58.6 cm³/mol. The SMILES string of the molecule is C=C(C)C(=O)Oc1c(C)cccc1C(=O)O. The van der Waals surface area contributed by atoms with E-state index in [2.05, 4.69) is 6.58 Å². The van der Waals surface area contributed by atoms with Crippen molar-refractivity contribution in [3.8, 4) is 5.75 Å². The van der Waals surface area contributed by atoms with Crippen molar-refractivity contribution < 1.29 is 19.4 Å². The first-order valence-electron chi connectivity index (χ1n) is 4.64. The fraction of sp³-hybridized carbons (Fsp3) is 0.167. The van der Waals surface area contributed by atoms with Crippen LogP contribution in [0.4, 0.5) is 0 Å². The van der Waals surface area contributed by atoms with Crippen LogP contribution in [0.5, 0.6) is 5.75 Å². The number of carboxylic acids is 1. The van der Waals surface area contributed by atoms with Crippen molar-refractivity contribution in [1.29, 1.82) is 0 Å². The third-order valence-electron chi connectivity index (χ3n) is 1.99. The molecule has 0 saturated heterocycles. The van der Waals surface area contributed by atoms with Gasteiger partial charge in [-0.25, -0.2) is 9.59 Å². The van der Waals surface area contributed by atoms with Crippen molar-refractivity contribution in [2.75, 3.05) is 0 Å². The number of aryl methyl sites for hydroxylation is 1. The summed E-state index contributed by atoms with van der Waals surface area (Å²) in [5.41, 5.74) is 0.781. The number of benzene rings is 1. The molecule has 4 nitrogen and oxygen atoms in total. The monoisotopic (exact) mass is 220 g/mol. The number of esters is 1. The maximum Gasteiger partial charge on any atom is 0.339 e. The topological polar surface area (TPSA) is 63.6 Å². The third-order valence-corrected chi connectivity index (χ3v) is 1.99. The Morgan fingerprint density at radius 3 is 2.50 bits per heavy atom. The molecule has 0 spiro atoms. The van der Waals surface area contributed by atoms with Crippen molar-refractivity contribution in [1.82, 2.24) is 0 Å². The molecular weight excluding hydrogens is 208 g/mol. The molecule has 1 aromatic carbocycles. The highest BCUT2D eigenvalue weighted by Gasteiger charge is 2.16. The van der Waals surface area contributed by atoms with Crippen LogP contribution in [0.1, 0.15) is 22.8 Å². The van der Waals surface area contributed by atoms with Gasteiger partial charge in [-0.15, -0.1) is 0 Å². The Kier molecular flexibility index (Phi) is 3.45. The fourth-order valence-corrected chi connectivity index (χ4v) is 1.14. The molecule has 84 valence electrons. The summed E-state index contributed by atoms with van der Waals surface area (Å²) in [4.78, 5) is 22.2. The molecule has 0 saturated carbocycles. The van der Waals surface area contributed by atoms with Crippen molar-refractivity contribution in [2.45, 2.75) is 13.8 Å². The van der Waals surface area contributed by atoms with E-state index < -0.39 is 11.9 Å². The second kappa shape index (κ2) is 4.61. The van der Waals surface area contributed by atoms with Crippen LogP contribution in [0.3, 0.4) is 0 Å². The molecule has 1 rings (SSSR count). The Morgan fingerprint density at radius 1 is 1.38 bits per heavy atom. The van der Waals surface area contributed by atoms with Crippen molar-refractivity contribution in [2.24, 2.45) is 0 Å². The van der Waals surface area contributed by atoms with Crippen LogP contribution < -0.4 is 4.74 Å². The molecule has 0 heterocycles. The first kappa shape index (κ1) is 12.0. The van der Waals surface area contributed by atoms with E-state index in [1.807, 2.05) is 0 Å². The molecule has 0 unspecified atom stereocenters. The molecule has 0 amide bonds. The molecule has 0 aliphatic rings. The zero-order chi connectivity index (χ0) is 12.3. The number of ether oxygens (including phenoxy) is 1. The van der Waals surface area contributed by atoms with E-state index in [0.29, 0.717) is 5.56 Å². The maximum atomic E-state index is 11.3. The second-order valence-electron chi connectivity index (χ2n) is 3.43. The van der Waals surface area contributed by atoms with Crippen LogP contribution >= 0.6 is 0 Å². The van der Waals surface area contributed by atoms with E-state index in [1.54, 1.807) is 19.1 Å². The average Bonchev–Trinajstić information content (AvgIpc) is 2.20. The van der Waals surface area contributed by atoms with Gasteiger partial charge in [-0.1, -0.05) is 18.7 Å². The first-order chi connectivity index (χ1) is 7.43. The number of hydrogen-bond donors (Lipinski definition) is 1. The molecule has 1 N–H and O–H groups in total. The van der Waals surface area contributed by atoms with Gasteiger partial charge in [0.05, 0.1) is 0 Å². The summed E-state index contributed by atoms with van der Waals surface area (Å²) >= 11 is 0. The highest BCUT2D eigenvalue weighted by Crippen LogP contribution is 2.24.